The maximum atomic E-state index is 10.7. The first-order valence-electron chi connectivity index (χ1n) is 5.00. The van der Waals surface area contributed by atoms with Crippen LogP contribution in [0.25, 0.3) is 0 Å². The Morgan fingerprint density at radius 2 is 1.62 bits per heavy atom. The van der Waals surface area contributed by atoms with Crippen LogP contribution in [0.5, 0.6) is 17.2 Å². The van der Waals surface area contributed by atoms with Crippen molar-refractivity contribution in [1.82, 2.24) is 0 Å². The van der Waals surface area contributed by atoms with Gasteiger partial charge in [0, 0.05) is 0 Å². The number of ether oxygens (including phenoxy) is 3. The van der Waals surface area contributed by atoms with Gasteiger partial charge in [0.1, 0.15) is 0 Å². The van der Waals surface area contributed by atoms with E-state index in [2.05, 4.69) is 0 Å². The van der Waals surface area contributed by atoms with Gasteiger partial charge >= 0.3 is 95.1 Å². The fourth-order valence-corrected chi connectivity index (χ4v) is 1.32. The Labute approximate surface area is 95.8 Å². The normalized spacial score (nSPS) is 9.81. The molecule has 16 heavy (non-hydrogen) atoms. The van der Waals surface area contributed by atoms with E-state index in [1.54, 1.807) is 12.1 Å². The van der Waals surface area contributed by atoms with Gasteiger partial charge in [-0.05, 0) is 0 Å². The van der Waals surface area contributed by atoms with Crippen molar-refractivity contribution >= 4 is 12.6 Å². The molecule has 0 saturated carbocycles. The molecule has 0 unspecified atom stereocenters. The van der Waals surface area contributed by atoms with Crippen LogP contribution >= 0.6 is 0 Å². The number of rotatable bonds is 5. The Bertz CT molecular complexity index is 351. The Hall–Kier alpha value is -1.52. The van der Waals surface area contributed by atoms with Gasteiger partial charge in [-0.2, -0.15) is 0 Å². The molecule has 0 spiro atoms. The van der Waals surface area contributed by atoms with Crippen LogP contribution in [0.15, 0.2) is 12.1 Å². The first kappa shape index (κ1) is 12.6. The minimum absolute atomic E-state index is 0.00452. The van der Waals surface area contributed by atoms with Crippen molar-refractivity contribution in [1.29, 1.82) is 0 Å². The van der Waals surface area contributed by atoms with E-state index >= 15 is 0 Å². The second-order valence-corrected chi connectivity index (χ2v) is 3.54. The Morgan fingerprint density at radius 1 is 1.12 bits per heavy atom. The van der Waals surface area contributed by atoms with Crippen LogP contribution in [0.1, 0.15) is 13.8 Å². The first-order valence-corrected chi connectivity index (χ1v) is 5.00. The monoisotopic (exact) mass is 222 g/mol. The zero-order chi connectivity index (χ0) is 12.1. The van der Waals surface area contributed by atoms with E-state index in [1.807, 2.05) is 13.8 Å². The van der Waals surface area contributed by atoms with E-state index in [0.717, 1.165) is 7.15 Å². The van der Waals surface area contributed by atoms with Gasteiger partial charge in [-0.25, -0.2) is 0 Å². The summed E-state index contributed by atoms with van der Waals surface area (Å²) in [6, 6.07) is 3.24. The van der Waals surface area contributed by atoms with E-state index in [-0.39, 0.29) is 6.10 Å². The molecule has 0 N–H and O–H groups in total. The standard InChI is InChI=1S/C11H15BO4/c1-7(2)16-11-9(14-3)5-8(12-13)6-10(11)15-4/h5-7H,1-4H3. The molecule has 0 aromatic heterocycles. The van der Waals surface area contributed by atoms with Crippen LogP contribution in [0.2, 0.25) is 0 Å². The summed E-state index contributed by atoms with van der Waals surface area (Å²) in [5, 5.41) is 0. The van der Waals surface area contributed by atoms with Crippen LogP contribution in [0, 0.1) is 0 Å². The molecule has 0 radical (unpaired) electrons. The fraction of sp³-hybridized carbons (Fsp3) is 0.455. The fourth-order valence-electron chi connectivity index (χ4n) is 1.32. The maximum absolute atomic E-state index is 10.7. The van der Waals surface area contributed by atoms with Gasteiger partial charge in [0.2, 0.25) is 0 Å². The Balaban J connectivity index is 3.25. The quantitative estimate of drug-likeness (QED) is 0.701. The molecule has 0 fully saturated rings. The van der Waals surface area contributed by atoms with Crippen LogP contribution in [-0.4, -0.2) is 27.5 Å². The van der Waals surface area contributed by atoms with Gasteiger partial charge in [-0.1, -0.05) is 0 Å². The van der Waals surface area contributed by atoms with Crippen molar-refractivity contribution in [2.24, 2.45) is 0 Å². The summed E-state index contributed by atoms with van der Waals surface area (Å²) in [5.41, 5.74) is 0.491. The first-order chi connectivity index (χ1) is 7.62. The summed E-state index contributed by atoms with van der Waals surface area (Å²) in [4.78, 5) is 0. The predicted molar refractivity (Wildman–Crippen MR) is 61.4 cm³/mol. The molecule has 0 aliphatic carbocycles. The molecule has 0 aliphatic heterocycles. The van der Waals surface area contributed by atoms with E-state index in [4.69, 9.17) is 14.2 Å². The van der Waals surface area contributed by atoms with Crippen LogP contribution in [0.3, 0.4) is 0 Å². The third-order valence-corrected chi connectivity index (χ3v) is 1.97. The summed E-state index contributed by atoms with van der Waals surface area (Å²) in [7, 11) is 3.79. The van der Waals surface area contributed by atoms with Crippen LogP contribution in [-0.2, 0) is 4.70 Å². The van der Waals surface area contributed by atoms with Crippen molar-refractivity contribution < 1.29 is 18.9 Å². The van der Waals surface area contributed by atoms with E-state index in [0.29, 0.717) is 22.7 Å². The molecule has 0 aliphatic rings. The van der Waals surface area contributed by atoms with Gasteiger partial charge in [-0.3, -0.25) is 0 Å². The average Bonchev–Trinajstić information content (AvgIpc) is 2.28. The second kappa shape index (κ2) is 5.54. The zero-order valence-corrected chi connectivity index (χ0v) is 9.94. The Kier molecular flexibility index (Phi) is 4.34. The molecule has 0 bridgehead atoms. The zero-order valence-electron chi connectivity index (χ0n) is 9.94. The van der Waals surface area contributed by atoms with Crippen molar-refractivity contribution in [3.8, 4) is 17.2 Å². The van der Waals surface area contributed by atoms with Crippen molar-refractivity contribution in [3.05, 3.63) is 12.1 Å². The summed E-state index contributed by atoms with van der Waals surface area (Å²) in [6.07, 6.45) is 0.00452. The molecule has 0 amide bonds. The van der Waals surface area contributed by atoms with E-state index in [1.165, 1.54) is 14.2 Å². The number of methoxy groups -OCH3 is 2. The van der Waals surface area contributed by atoms with E-state index < -0.39 is 0 Å². The SMILES string of the molecule is COc1cc(B=O)cc(OC)c1OC(C)C. The molecule has 0 heterocycles. The number of hydrogen-bond donors (Lipinski definition) is 0. The third-order valence-electron chi connectivity index (χ3n) is 1.97. The number of hydrogen-bond acceptors (Lipinski definition) is 4. The molecule has 1 aromatic carbocycles. The predicted octanol–water partition coefficient (Wildman–Crippen LogP) is 1.17. The average molecular weight is 222 g/mol. The molecular formula is C11H15BO4. The summed E-state index contributed by atoms with van der Waals surface area (Å²) >= 11 is 0. The second-order valence-electron chi connectivity index (χ2n) is 3.54. The minimum atomic E-state index is 0.00452. The van der Waals surface area contributed by atoms with Crippen LogP contribution < -0.4 is 19.7 Å². The van der Waals surface area contributed by atoms with Crippen molar-refractivity contribution in [2.45, 2.75) is 20.0 Å². The summed E-state index contributed by atoms with van der Waals surface area (Å²) < 4.78 is 26.7. The van der Waals surface area contributed by atoms with Crippen molar-refractivity contribution in [2.75, 3.05) is 14.2 Å². The summed E-state index contributed by atoms with van der Waals surface area (Å²) in [6.45, 7) is 3.82. The van der Waals surface area contributed by atoms with E-state index in [9.17, 15) is 4.70 Å². The van der Waals surface area contributed by atoms with Gasteiger partial charge in [-0.15, -0.1) is 0 Å². The molecule has 5 heteroatoms. The van der Waals surface area contributed by atoms with Gasteiger partial charge in [0.05, 0.1) is 0 Å². The molecular weight excluding hydrogens is 207 g/mol. The molecule has 4 nitrogen and oxygen atoms in total. The molecule has 86 valence electrons. The van der Waals surface area contributed by atoms with Crippen LogP contribution in [0.4, 0.5) is 0 Å². The van der Waals surface area contributed by atoms with Gasteiger partial charge in [0.15, 0.2) is 0 Å². The molecule has 1 rings (SSSR count). The van der Waals surface area contributed by atoms with Crippen molar-refractivity contribution in [3.63, 3.8) is 0 Å². The molecule has 0 saturated heterocycles. The molecule has 1 aromatic rings. The Morgan fingerprint density at radius 3 is 1.94 bits per heavy atom. The van der Waals surface area contributed by atoms with Gasteiger partial charge in [0.25, 0.3) is 0 Å². The number of benzene rings is 1. The topological polar surface area (TPSA) is 44.8 Å². The third kappa shape index (κ3) is 2.75. The summed E-state index contributed by atoms with van der Waals surface area (Å²) in [5.74, 6) is 1.51. The van der Waals surface area contributed by atoms with Gasteiger partial charge < -0.3 is 0 Å². The molecule has 0 atom stereocenters.